The summed E-state index contributed by atoms with van der Waals surface area (Å²) in [6.45, 7) is 4.06. The maximum atomic E-state index is 11.6. The number of hydrogen-bond donors (Lipinski definition) is 0. The zero-order valence-electron chi connectivity index (χ0n) is 17.0. The number of unbranched alkanes of at least 4 members (excludes halogenated alkanes) is 5. The molecule has 7 heteroatoms. The molecule has 1 aromatic carbocycles. The Morgan fingerprint density at radius 2 is 1.69 bits per heavy atom. The molecular formula is C22H28N2O4S. The summed E-state index contributed by atoms with van der Waals surface area (Å²) >= 11 is 1.70. The van der Waals surface area contributed by atoms with Gasteiger partial charge in [0.2, 0.25) is 6.29 Å². The third-order valence-corrected chi connectivity index (χ3v) is 5.58. The second kappa shape index (κ2) is 11.2. The van der Waals surface area contributed by atoms with E-state index in [1.807, 2.05) is 31.5 Å². The molecule has 0 bridgehead atoms. The van der Waals surface area contributed by atoms with Gasteiger partial charge in [-0.05, 0) is 31.0 Å². The molecule has 0 aliphatic carbocycles. The van der Waals surface area contributed by atoms with Crippen molar-refractivity contribution >= 4 is 17.9 Å². The van der Waals surface area contributed by atoms with Crippen LogP contribution in [-0.4, -0.2) is 34.3 Å². The molecule has 0 N–H and O–H groups in total. The van der Waals surface area contributed by atoms with Crippen LogP contribution in [0.1, 0.15) is 52.4 Å². The number of thioether (sulfide) groups is 1. The lowest BCUT2D eigenvalue weighted by Gasteiger charge is -2.06. The number of aromatic nitrogens is 2. The summed E-state index contributed by atoms with van der Waals surface area (Å²) in [6, 6.07) is 7.16. The van der Waals surface area contributed by atoms with Gasteiger partial charge in [0.25, 0.3) is 0 Å². The van der Waals surface area contributed by atoms with Crippen LogP contribution >= 0.6 is 11.8 Å². The van der Waals surface area contributed by atoms with Crippen molar-refractivity contribution in [2.75, 3.05) is 5.75 Å². The van der Waals surface area contributed by atoms with Crippen LogP contribution in [0.3, 0.4) is 0 Å². The maximum Gasteiger partial charge on any atom is 0.516 e. The van der Waals surface area contributed by atoms with Crippen molar-refractivity contribution in [2.45, 2.75) is 69.9 Å². The van der Waals surface area contributed by atoms with E-state index in [0.29, 0.717) is 5.75 Å². The Bertz CT molecular complexity index is 767. The summed E-state index contributed by atoms with van der Waals surface area (Å²) in [6.07, 6.45) is 10.1. The Morgan fingerprint density at radius 3 is 2.34 bits per heavy atom. The molecule has 1 aliphatic rings. The highest BCUT2D eigenvalue weighted by Gasteiger charge is 2.39. The van der Waals surface area contributed by atoms with E-state index in [2.05, 4.69) is 16.9 Å². The Kier molecular flexibility index (Phi) is 8.31. The first kappa shape index (κ1) is 21.6. The lowest BCUT2D eigenvalue weighted by atomic mass is 10.1. The van der Waals surface area contributed by atoms with Gasteiger partial charge in [0.15, 0.2) is 5.16 Å². The Hall–Kier alpha value is -2.12. The molecule has 0 spiro atoms. The minimum Gasteiger partial charge on any atom is -0.401 e. The maximum absolute atomic E-state index is 11.6. The molecule has 3 rings (SSSR count). The van der Waals surface area contributed by atoms with Gasteiger partial charge >= 0.3 is 6.16 Å². The smallest absolute Gasteiger partial charge is 0.401 e. The molecule has 2 aromatic rings. The SMILES string of the molecule is CCCCCCCCSc1ncc(-c2ccc(OC(=O)O[C@H]3O[C@@H]3C)cc2)cn1. The number of carbonyl (C=O) groups excluding carboxylic acids is 1. The van der Waals surface area contributed by atoms with Crippen LogP contribution < -0.4 is 4.74 Å². The molecule has 0 amide bonds. The minimum atomic E-state index is -0.762. The van der Waals surface area contributed by atoms with Crippen LogP contribution in [0.4, 0.5) is 4.79 Å². The van der Waals surface area contributed by atoms with Gasteiger partial charge in [0.05, 0.1) is 0 Å². The lowest BCUT2D eigenvalue weighted by Crippen LogP contribution is -2.13. The van der Waals surface area contributed by atoms with Crippen molar-refractivity contribution in [3.8, 4) is 16.9 Å². The quantitative estimate of drug-likeness (QED) is 0.113. The molecule has 2 heterocycles. The second-order valence-corrected chi connectivity index (χ2v) is 8.14. The monoisotopic (exact) mass is 416 g/mol. The summed E-state index contributed by atoms with van der Waals surface area (Å²) in [5, 5.41) is 0.807. The van der Waals surface area contributed by atoms with Crippen LogP contribution in [0, 0.1) is 0 Å². The number of rotatable bonds is 11. The van der Waals surface area contributed by atoms with Crippen molar-refractivity contribution in [3.63, 3.8) is 0 Å². The molecular weight excluding hydrogens is 388 g/mol. The van der Waals surface area contributed by atoms with Crippen LogP contribution in [0.5, 0.6) is 5.75 Å². The van der Waals surface area contributed by atoms with E-state index in [4.69, 9.17) is 14.2 Å². The minimum absolute atomic E-state index is 0.0585. The van der Waals surface area contributed by atoms with Gasteiger partial charge in [0, 0.05) is 23.7 Å². The van der Waals surface area contributed by atoms with E-state index >= 15 is 0 Å². The number of nitrogens with zero attached hydrogens (tertiary/aromatic N) is 2. The fraction of sp³-hybridized carbons (Fsp3) is 0.500. The van der Waals surface area contributed by atoms with Gasteiger partial charge in [0.1, 0.15) is 11.9 Å². The molecule has 29 heavy (non-hydrogen) atoms. The summed E-state index contributed by atoms with van der Waals surface area (Å²) in [5.74, 6) is 1.47. The second-order valence-electron chi connectivity index (χ2n) is 7.07. The van der Waals surface area contributed by atoms with Gasteiger partial charge in [-0.15, -0.1) is 0 Å². The summed E-state index contributed by atoms with van der Waals surface area (Å²) in [4.78, 5) is 20.5. The van der Waals surface area contributed by atoms with E-state index in [0.717, 1.165) is 22.0 Å². The molecule has 0 radical (unpaired) electrons. The third-order valence-electron chi connectivity index (χ3n) is 4.61. The average molecular weight is 417 g/mol. The van der Waals surface area contributed by atoms with E-state index < -0.39 is 12.4 Å². The largest absolute Gasteiger partial charge is 0.516 e. The fourth-order valence-electron chi connectivity index (χ4n) is 2.81. The van der Waals surface area contributed by atoms with E-state index in [1.54, 1.807) is 23.9 Å². The fourth-order valence-corrected chi connectivity index (χ4v) is 3.59. The predicted octanol–water partition coefficient (Wildman–Crippen LogP) is 5.86. The Balaban J connectivity index is 1.41. The number of benzene rings is 1. The molecule has 1 fully saturated rings. The zero-order chi connectivity index (χ0) is 20.5. The molecule has 2 atom stereocenters. The number of hydrogen-bond acceptors (Lipinski definition) is 7. The average Bonchev–Trinajstić information content (AvgIpc) is 3.42. The number of ether oxygens (including phenoxy) is 3. The van der Waals surface area contributed by atoms with E-state index in [-0.39, 0.29) is 6.10 Å². The van der Waals surface area contributed by atoms with Crippen molar-refractivity contribution in [1.82, 2.24) is 9.97 Å². The molecule has 1 saturated heterocycles. The van der Waals surface area contributed by atoms with Crippen LogP contribution in [0.15, 0.2) is 41.8 Å². The summed E-state index contributed by atoms with van der Waals surface area (Å²) in [7, 11) is 0. The highest BCUT2D eigenvalue weighted by molar-refractivity contribution is 7.99. The standard InChI is InChI=1S/C22H28N2O4S/c1-3-4-5-6-7-8-13-29-21-23-14-18(15-24-21)17-9-11-19(12-10-17)27-22(25)28-20-16(2)26-20/h9-12,14-16,20H,3-8,13H2,1-2H3/t16-,20-/m1/s1. The third kappa shape index (κ3) is 7.33. The van der Waals surface area contributed by atoms with Crippen molar-refractivity contribution in [2.24, 2.45) is 0 Å². The van der Waals surface area contributed by atoms with Crippen LogP contribution in [0.25, 0.3) is 11.1 Å². The van der Waals surface area contributed by atoms with Gasteiger partial charge in [-0.25, -0.2) is 14.8 Å². The highest BCUT2D eigenvalue weighted by Crippen LogP contribution is 2.25. The predicted molar refractivity (Wildman–Crippen MR) is 113 cm³/mol. The van der Waals surface area contributed by atoms with Gasteiger partial charge in [-0.3, -0.25) is 0 Å². The van der Waals surface area contributed by atoms with Crippen molar-refractivity contribution in [3.05, 3.63) is 36.7 Å². The topological polar surface area (TPSA) is 73.8 Å². The van der Waals surface area contributed by atoms with Crippen LogP contribution in [0.2, 0.25) is 0 Å². The van der Waals surface area contributed by atoms with Gasteiger partial charge in [-0.2, -0.15) is 0 Å². The molecule has 1 aliphatic heterocycles. The zero-order valence-corrected chi connectivity index (χ0v) is 17.8. The first-order valence-corrected chi connectivity index (χ1v) is 11.2. The van der Waals surface area contributed by atoms with Gasteiger partial charge in [-0.1, -0.05) is 62.9 Å². The Labute approximate surface area is 176 Å². The van der Waals surface area contributed by atoms with E-state index in [1.165, 1.54) is 38.5 Å². The molecule has 156 valence electrons. The number of epoxide rings is 1. The molecule has 1 aromatic heterocycles. The first-order valence-electron chi connectivity index (χ1n) is 10.2. The Morgan fingerprint density at radius 1 is 1.03 bits per heavy atom. The van der Waals surface area contributed by atoms with E-state index in [9.17, 15) is 4.79 Å². The highest BCUT2D eigenvalue weighted by atomic mass is 32.2. The van der Waals surface area contributed by atoms with Crippen LogP contribution in [-0.2, 0) is 9.47 Å². The molecule has 0 saturated carbocycles. The van der Waals surface area contributed by atoms with Gasteiger partial charge < -0.3 is 14.2 Å². The lowest BCUT2D eigenvalue weighted by molar-refractivity contribution is 0.0562. The van der Waals surface area contributed by atoms with Crippen molar-refractivity contribution in [1.29, 1.82) is 0 Å². The van der Waals surface area contributed by atoms with Crippen molar-refractivity contribution < 1.29 is 19.0 Å². The summed E-state index contributed by atoms with van der Waals surface area (Å²) in [5.41, 5.74) is 1.88. The normalized spacial score (nSPS) is 17.7. The molecule has 6 nitrogen and oxygen atoms in total. The summed E-state index contributed by atoms with van der Waals surface area (Å²) < 4.78 is 15.1. The number of carbonyl (C=O) groups is 1. The molecule has 0 unspecified atom stereocenters. The first-order chi connectivity index (χ1) is 14.2.